The summed E-state index contributed by atoms with van der Waals surface area (Å²) in [5.41, 5.74) is 7.14. The van der Waals surface area contributed by atoms with Crippen molar-refractivity contribution in [1.82, 2.24) is 9.88 Å². The zero-order chi connectivity index (χ0) is 9.97. The summed E-state index contributed by atoms with van der Waals surface area (Å²) in [5.74, 6) is 0. The van der Waals surface area contributed by atoms with Crippen molar-refractivity contribution in [3.63, 3.8) is 0 Å². The van der Waals surface area contributed by atoms with Crippen molar-refractivity contribution in [3.8, 4) is 0 Å². The quantitative estimate of drug-likeness (QED) is 0.813. The van der Waals surface area contributed by atoms with Gasteiger partial charge < -0.3 is 5.73 Å². The first-order chi connectivity index (χ1) is 6.74. The van der Waals surface area contributed by atoms with Crippen LogP contribution in [0.3, 0.4) is 0 Å². The molecule has 2 N–H and O–H groups in total. The van der Waals surface area contributed by atoms with Gasteiger partial charge in [0.05, 0.1) is 0 Å². The molecule has 1 aliphatic heterocycles. The Kier molecular flexibility index (Phi) is 3.15. The SMILES string of the molecule is NC1CCN(Cc2ccnc(Br)c2)C1. The Bertz CT molecular complexity index is 316. The smallest absolute Gasteiger partial charge is 0.106 e. The third kappa shape index (κ3) is 2.53. The molecule has 2 heterocycles. The number of likely N-dealkylation sites (tertiary alicyclic amines) is 1. The minimum absolute atomic E-state index is 0.361. The van der Waals surface area contributed by atoms with Crippen LogP contribution in [0.1, 0.15) is 12.0 Å². The molecule has 2 rings (SSSR count). The van der Waals surface area contributed by atoms with E-state index in [4.69, 9.17) is 5.73 Å². The Balaban J connectivity index is 1.97. The molecule has 0 aromatic carbocycles. The van der Waals surface area contributed by atoms with E-state index in [1.165, 1.54) is 5.56 Å². The second-order valence-electron chi connectivity index (χ2n) is 3.77. The lowest BCUT2D eigenvalue weighted by molar-refractivity contribution is 0.327. The number of nitrogens with zero attached hydrogens (tertiary/aromatic N) is 2. The van der Waals surface area contributed by atoms with Gasteiger partial charge in [-0.3, -0.25) is 4.90 Å². The summed E-state index contributed by atoms with van der Waals surface area (Å²) in [7, 11) is 0. The highest BCUT2D eigenvalue weighted by molar-refractivity contribution is 9.10. The van der Waals surface area contributed by atoms with E-state index in [1.807, 2.05) is 6.20 Å². The predicted octanol–water partition coefficient (Wildman–Crippen LogP) is 1.38. The van der Waals surface area contributed by atoms with Gasteiger partial charge in [-0.05, 0) is 40.0 Å². The number of aromatic nitrogens is 1. The molecule has 0 radical (unpaired) electrons. The first-order valence-corrected chi connectivity index (χ1v) is 5.62. The maximum Gasteiger partial charge on any atom is 0.106 e. The van der Waals surface area contributed by atoms with Gasteiger partial charge in [0.15, 0.2) is 0 Å². The maximum atomic E-state index is 5.85. The molecule has 14 heavy (non-hydrogen) atoms. The van der Waals surface area contributed by atoms with E-state index in [0.29, 0.717) is 6.04 Å². The van der Waals surface area contributed by atoms with Crippen LogP contribution >= 0.6 is 15.9 Å². The third-order valence-corrected chi connectivity index (χ3v) is 2.94. The standard InChI is InChI=1S/C10H14BrN3/c11-10-5-8(1-3-13-10)6-14-4-2-9(12)7-14/h1,3,5,9H,2,4,6-7,12H2. The summed E-state index contributed by atoms with van der Waals surface area (Å²) in [4.78, 5) is 6.48. The Hall–Kier alpha value is -0.450. The number of hydrogen-bond donors (Lipinski definition) is 1. The van der Waals surface area contributed by atoms with Crippen LogP contribution in [-0.4, -0.2) is 29.0 Å². The molecule has 1 aromatic heterocycles. The first-order valence-electron chi connectivity index (χ1n) is 4.82. The van der Waals surface area contributed by atoms with E-state index < -0.39 is 0 Å². The summed E-state index contributed by atoms with van der Waals surface area (Å²) < 4.78 is 0.901. The van der Waals surface area contributed by atoms with Crippen LogP contribution in [-0.2, 0) is 6.54 Å². The summed E-state index contributed by atoms with van der Waals surface area (Å²) in [5, 5.41) is 0. The molecule has 1 aromatic rings. The van der Waals surface area contributed by atoms with Crippen molar-refractivity contribution < 1.29 is 0 Å². The fourth-order valence-corrected chi connectivity index (χ4v) is 2.22. The molecule has 1 fully saturated rings. The Labute approximate surface area is 92.4 Å². The molecular weight excluding hydrogens is 242 g/mol. The van der Waals surface area contributed by atoms with Gasteiger partial charge in [0.2, 0.25) is 0 Å². The van der Waals surface area contributed by atoms with Gasteiger partial charge in [0.1, 0.15) is 4.60 Å². The highest BCUT2D eigenvalue weighted by Crippen LogP contribution is 2.14. The summed E-state index contributed by atoms with van der Waals surface area (Å²) in [6, 6.07) is 4.47. The predicted molar refractivity (Wildman–Crippen MR) is 59.8 cm³/mol. The molecule has 1 atom stereocenters. The van der Waals surface area contributed by atoms with Crippen molar-refractivity contribution >= 4 is 15.9 Å². The van der Waals surface area contributed by atoms with Crippen LogP contribution in [0.25, 0.3) is 0 Å². The van der Waals surface area contributed by atoms with Crippen LogP contribution in [0.5, 0.6) is 0 Å². The number of rotatable bonds is 2. The lowest BCUT2D eigenvalue weighted by Gasteiger charge is -2.14. The van der Waals surface area contributed by atoms with Gasteiger partial charge in [0, 0.05) is 31.9 Å². The van der Waals surface area contributed by atoms with E-state index in [2.05, 4.69) is 37.9 Å². The van der Waals surface area contributed by atoms with Gasteiger partial charge in [-0.1, -0.05) is 0 Å². The molecule has 1 saturated heterocycles. The molecule has 1 unspecified atom stereocenters. The van der Waals surface area contributed by atoms with E-state index >= 15 is 0 Å². The van der Waals surface area contributed by atoms with Crippen molar-refractivity contribution in [2.24, 2.45) is 5.73 Å². The van der Waals surface area contributed by atoms with Gasteiger partial charge in [-0.25, -0.2) is 4.98 Å². The number of hydrogen-bond acceptors (Lipinski definition) is 3. The fourth-order valence-electron chi connectivity index (χ4n) is 1.81. The van der Waals surface area contributed by atoms with Crippen LogP contribution in [0, 0.1) is 0 Å². The molecular formula is C10H14BrN3. The monoisotopic (exact) mass is 255 g/mol. The van der Waals surface area contributed by atoms with Crippen molar-refractivity contribution in [2.75, 3.05) is 13.1 Å². The van der Waals surface area contributed by atoms with Gasteiger partial charge in [-0.2, -0.15) is 0 Å². The summed E-state index contributed by atoms with van der Waals surface area (Å²) >= 11 is 3.37. The summed E-state index contributed by atoms with van der Waals surface area (Å²) in [6.45, 7) is 3.11. The van der Waals surface area contributed by atoms with E-state index in [9.17, 15) is 0 Å². The lowest BCUT2D eigenvalue weighted by atomic mass is 10.2. The molecule has 0 saturated carbocycles. The van der Waals surface area contributed by atoms with Crippen LogP contribution in [0.2, 0.25) is 0 Å². The Morgan fingerprint density at radius 2 is 2.50 bits per heavy atom. The average molecular weight is 256 g/mol. The zero-order valence-electron chi connectivity index (χ0n) is 7.99. The normalized spacial score (nSPS) is 22.9. The molecule has 0 amide bonds. The van der Waals surface area contributed by atoms with Gasteiger partial charge in [-0.15, -0.1) is 0 Å². The fraction of sp³-hybridized carbons (Fsp3) is 0.500. The number of halogens is 1. The highest BCUT2D eigenvalue weighted by Gasteiger charge is 2.18. The molecule has 3 nitrogen and oxygen atoms in total. The highest BCUT2D eigenvalue weighted by atomic mass is 79.9. The average Bonchev–Trinajstić information content (AvgIpc) is 2.51. The zero-order valence-corrected chi connectivity index (χ0v) is 9.57. The molecule has 0 bridgehead atoms. The summed E-state index contributed by atoms with van der Waals surface area (Å²) in [6.07, 6.45) is 2.95. The largest absolute Gasteiger partial charge is 0.326 e. The molecule has 1 aliphatic rings. The van der Waals surface area contributed by atoms with Crippen molar-refractivity contribution in [3.05, 3.63) is 28.5 Å². The van der Waals surface area contributed by atoms with E-state index in [1.54, 1.807) is 0 Å². The maximum absolute atomic E-state index is 5.85. The molecule has 4 heteroatoms. The minimum Gasteiger partial charge on any atom is -0.326 e. The minimum atomic E-state index is 0.361. The van der Waals surface area contributed by atoms with Crippen LogP contribution in [0.4, 0.5) is 0 Å². The van der Waals surface area contributed by atoms with E-state index in [-0.39, 0.29) is 0 Å². The molecule has 76 valence electrons. The van der Waals surface area contributed by atoms with Crippen molar-refractivity contribution in [1.29, 1.82) is 0 Å². The van der Waals surface area contributed by atoms with Gasteiger partial charge in [0.25, 0.3) is 0 Å². The van der Waals surface area contributed by atoms with Gasteiger partial charge >= 0.3 is 0 Å². The topological polar surface area (TPSA) is 42.1 Å². The van der Waals surface area contributed by atoms with Crippen LogP contribution < -0.4 is 5.73 Å². The van der Waals surface area contributed by atoms with Crippen LogP contribution in [0.15, 0.2) is 22.9 Å². The Morgan fingerprint density at radius 1 is 1.64 bits per heavy atom. The third-order valence-electron chi connectivity index (χ3n) is 2.51. The number of nitrogens with two attached hydrogens (primary N) is 1. The molecule has 0 spiro atoms. The van der Waals surface area contributed by atoms with E-state index in [0.717, 1.165) is 30.7 Å². The second-order valence-corrected chi connectivity index (χ2v) is 4.58. The van der Waals surface area contributed by atoms with Crippen molar-refractivity contribution in [2.45, 2.75) is 19.0 Å². The first kappa shape index (κ1) is 10.1. The molecule has 0 aliphatic carbocycles. The Morgan fingerprint density at radius 3 is 3.14 bits per heavy atom. The second kappa shape index (κ2) is 4.38. The lowest BCUT2D eigenvalue weighted by Crippen LogP contribution is -2.26. The number of pyridine rings is 1.